The van der Waals surface area contributed by atoms with Gasteiger partial charge in [-0.3, -0.25) is 9.78 Å². The van der Waals surface area contributed by atoms with Crippen molar-refractivity contribution in [3.63, 3.8) is 0 Å². The molecule has 0 fully saturated rings. The van der Waals surface area contributed by atoms with Crippen molar-refractivity contribution in [2.75, 3.05) is 7.11 Å². The number of hydrogen-bond donors (Lipinski definition) is 1. The smallest absolute Gasteiger partial charge is 0.451 e. The Balaban J connectivity index is 2.57. The molecule has 2 aromatic rings. The lowest BCUT2D eigenvalue weighted by Crippen LogP contribution is -2.20. The molecule has 0 spiro atoms. The highest BCUT2D eigenvalue weighted by atomic mass is 19.4. The standard InChI is InChI=1S/C13H12F3N3O3/c1-7(10(20)22-2)8-5-3-4-6-9(8)19-12(21)17-11(18-19)13(14,15)16/h3-7H,1-2H3,(H,17,18,21). The molecule has 0 saturated carbocycles. The highest BCUT2D eigenvalue weighted by molar-refractivity contribution is 5.79. The van der Waals surface area contributed by atoms with E-state index in [4.69, 9.17) is 0 Å². The molecule has 1 aromatic heterocycles. The molecule has 1 aromatic carbocycles. The van der Waals surface area contributed by atoms with Crippen LogP contribution in [0.5, 0.6) is 0 Å². The number of esters is 1. The van der Waals surface area contributed by atoms with Crippen molar-refractivity contribution in [3.05, 3.63) is 46.1 Å². The number of para-hydroxylation sites is 1. The summed E-state index contributed by atoms with van der Waals surface area (Å²) in [5.74, 6) is -2.75. The Kier molecular flexibility index (Phi) is 4.07. The van der Waals surface area contributed by atoms with Gasteiger partial charge in [0.2, 0.25) is 5.82 Å². The Morgan fingerprint density at radius 1 is 1.36 bits per heavy atom. The van der Waals surface area contributed by atoms with Crippen molar-refractivity contribution >= 4 is 5.97 Å². The van der Waals surface area contributed by atoms with Crippen molar-refractivity contribution in [2.45, 2.75) is 19.0 Å². The van der Waals surface area contributed by atoms with Crippen LogP contribution in [-0.4, -0.2) is 27.8 Å². The molecule has 1 atom stereocenters. The molecular formula is C13H12F3N3O3. The molecule has 22 heavy (non-hydrogen) atoms. The van der Waals surface area contributed by atoms with Crippen LogP contribution >= 0.6 is 0 Å². The van der Waals surface area contributed by atoms with Crippen LogP contribution in [0.25, 0.3) is 5.69 Å². The van der Waals surface area contributed by atoms with Gasteiger partial charge in [0.05, 0.1) is 18.7 Å². The first kappa shape index (κ1) is 15.8. The molecule has 0 aliphatic heterocycles. The fourth-order valence-electron chi connectivity index (χ4n) is 1.97. The van der Waals surface area contributed by atoms with Gasteiger partial charge in [-0.05, 0) is 18.6 Å². The normalized spacial score (nSPS) is 13.0. The zero-order chi connectivity index (χ0) is 16.5. The third kappa shape index (κ3) is 2.87. The maximum absolute atomic E-state index is 12.6. The first-order valence-corrected chi connectivity index (χ1v) is 6.19. The molecular weight excluding hydrogens is 303 g/mol. The summed E-state index contributed by atoms with van der Waals surface area (Å²) in [6.45, 7) is 1.52. The van der Waals surface area contributed by atoms with Gasteiger partial charge in [-0.15, -0.1) is 5.10 Å². The number of aromatic nitrogens is 3. The van der Waals surface area contributed by atoms with Crippen molar-refractivity contribution in [1.82, 2.24) is 14.8 Å². The van der Waals surface area contributed by atoms with E-state index in [0.717, 1.165) is 0 Å². The topological polar surface area (TPSA) is 77.0 Å². The van der Waals surface area contributed by atoms with Crippen LogP contribution in [0.1, 0.15) is 24.2 Å². The molecule has 0 saturated heterocycles. The second-order valence-corrected chi connectivity index (χ2v) is 4.49. The number of aromatic amines is 1. The van der Waals surface area contributed by atoms with Crippen molar-refractivity contribution in [2.24, 2.45) is 0 Å². The highest BCUT2D eigenvalue weighted by Crippen LogP contribution is 2.27. The van der Waals surface area contributed by atoms with E-state index >= 15 is 0 Å². The molecule has 0 radical (unpaired) electrons. The maximum atomic E-state index is 12.6. The number of benzene rings is 1. The number of carbonyl (C=O) groups excluding carboxylic acids is 1. The number of nitrogens with one attached hydrogen (secondary N) is 1. The maximum Gasteiger partial charge on any atom is 0.451 e. The fraction of sp³-hybridized carbons (Fsp3) is 0.308. The number of alkyl halides is 3. The van der Waals surface area contributed by atoms with Crippen LogP contribution in [0.15, 0.2) is 29.1 Å². The van der Waals surface area contributed by atoms with Crippen LogP contribution in [-0.2, 0) is 15.7 Å². The summed E-state index contributed by atoms with van der Waals surface area (Å²) in [4.78, 5) is 25.0. The molecule has 1 heterocycles. The van der Waals surface area contributed by atoms with Gasteiger partial charge in [-0.2, -0.15) is 17.9 Å². The largest absolute Gasteiger partial charge is 0.469 e. The third-order valence-corrected chi connectivity index (χ3v) is 3.07. The quantitative estimate of drug-likeness (QED) is 0.877. The summed E-state index contributed by atoms with van der Waals surface area (Å²) in [6.07, 6.45) is -4.77. The number of nitrogens with zero attached hydrogens (tertiary/aromatic N) is 2. The van der Waals surface area contributed by atoms with Gasteiger partial charge < -0.3 is 4.74 Å². The van der Waals surface area contributed by atoms with E-state index in [9.17, 15) is 22.8 Å². The van der Waals surface area contributed by atoms with Crippen molar-refractivity contribution < 1.29 is 22.7 Å². The Morgan fingerprint density at radius 2 is 2.00 bits per heavy atom. The van der Waals surface area contributed by atoms with Gasteiger partial charge in [0.15, 0.2) is 0 Å². The zero-order valence-corrected chi connectivity index (χ0v) is 11.6. The summed E-state index contributed by atoms with van der Waals surface area (Å²) in [7, 11) is 1.20. The van der Waals surface area contributed by atoms with E-state index in [-0.39, 0.29) is 5.69 Å². The number of hydrogen-bond acceptors (Lipinski definition) is 4. The predicted octanol–water partition coefficient (Wildman–Crippen LogP) is 1.86. The molecule has 0 amide bonds. The second-order valence-electron chi connectivity index (χ2n) is 4.49. The summed E-state index contributed by atoms with van der Waals surface area (Å²) < 4.78 is 43.0. The number of halogens is 3. The average Bonchev–Trinajstić information content (AvgIpc) is 2.87. The number of methoxy groups -OCH3 is 1. The predicted molar refractivity (Wildman–Crippen MR) is 69.6 cm³/mol. The molecule has 1 N–H and O–H groups in total. The number of H-pyrrole nitrogens is 1. The first-order valence-electron chi connectivity index (χ1n) is 6.19. The summed E-state index contributed by atoms with van der Waals surface area (Å²) >= 11 is 0. The van der Waals surface area contributed by atoms with Gasteiger partial charge in [0, 0.05) is 0 Å². The van der Waals surface area contributed by atoms with Crippen molar-refractivity contribution in [3.8, 4) is 5.69 Å². The molecule has 6 nitrogen and oxygen atoms in total. The third-order valence-electron chi connectivity index (χ3n) is 3.07. The van der Waals surface area contributed by atoms with E-state index < -0.39 is 29.6 Å². The first-order chi connectivity index (χ1) is 10.3. The van der Waals surface area contributed by atoms with E-state index in [0.29, 0.717) is 10.2 Å². The SMILES string of the molecule is COC(=O)C(C)c1ccccc1-n1nc(C(F)(F)F)[nH]c1=O. The lowest BCUT2D eigenvalue weighted by atomic mass is 9.99. The van der Waals surface area contributed by atoms with Crippen LogP contribution in [0.4, 0.5) is 13.2 Å². The Bertz CT molecular complexity index is 749. The molecule has 0 bridgehead atoms. The summed E-state index contributed by atoms with van der Waals surface area (Å²) in [5, 5.41) is 3.25. The monoisotopic (exact) mass is 315 g/mol. The Morgan fingerprint density at radius 3 is 2.55 bits per heavy atom. The van der Waals surface area contributed by atoms with Crippen LogP contribution in [0.2, 0.25) is 0 Å². The lowest BCUT2D eigenvalue weighted by Gasteiger charge is -2.13. The fourth-order valence-corrected chi connectivity index (χ4v) is 1.97. The van der Waals surface area contributed by atoms with E-state index in [1.165, 1.54) is 32.2 Å². The minimum atomic E-state index is -4.77. The number of carbonyl (C=O) groups is 1. The molecule has 1 unspecified atom stereocenters. The minimum absolute atomic E-state index is 0.0807. The summed E-state index contributed by atoms with van der Waals surface area (Å²) in [6, 6.07) is 6.04. The van der Waals surface area contributed by atoms with Gasteiger partial charge in [0.1, 0.15) is 0 Å². The molecule has 2 rings (SSSR count). The molecule has 0 aliphatic rings. The van der Waals surface area contributed by atoms with E-state index in [2.05, 4.69) is 9.84 Å². The molecule has 0 aliphatic carbocycles. The van der Waals surface area contributed by atoms with Gasteiger partial charge in [-0.1, -0.05) is 18.2 Å². The molecule has 9 heteroatoms. The molecule has 118 valence electrons. The Hall–Kier alpha value is -2.58. The van der Waals surface area contributed by atoms with E-state index in [1.54, 1.807) is 11.1 Å². The van der Waals surface area contributed by atoms with Crippen LogP contribution in [0, 0.1) is 0 Å². The second kappa shape index (κ2) is 5.66. The van der Waals surface area contributed by atoms with E-state index in [1.807, 2.05) is 0 Å². The highest BCUT2D eigenvalue weighted by Gasteiger charge is 2.36. The summed E-state index contributed by atoms with van der Waals surface area (Å²) in [5.41, 5.74) is -0.634. The van der Waals surface area contributed by atoms with Gasteiger partial charge >= 0.3 is 17.8 Å². The van der Waals surface area contributed by atoms with Crippen molar-refractivity contribution in [1.29, 1.82) is 0 Å². The van der Waals surface area contributed by atoms with Crippen LogP contribution < -0.4 is 5.69 Å². The number of ether oxygens (including phenoxy) is 1. The van der Waals surface area contributed by atoms with Gasteiger partial charge in [0.25, 0.3) is 0 Å². The minimum Gasteiger partial charge on any atom is -0.469 e. The Labute approximate surface area is 122 Å². The average molecular weight is 315 g/mol. The van der Waals surface area contributed by atoms with Gasteiger partial charge in [-0.25, -0.2) is 4.79 Å². The zero-order valence-electron chi connectivity index (χ0n) is 11.6. The lowest BCUT2D eigenvalue weighted by molar-refractivity contribution is -0.145. The number of rotatable bonds is 3. The van der Waals surface area contributed by atoms with Crippen LogP contribution in [0.3, 0.4) is 0 Å².